The molecule has 0 aromatic carbocycles. The fourth-order valence-corrected chi connectivity index (χ4v) is 12.0. The van der Waals surface area contributed by atoms with Gasteiger partial charge in [-0.3, -0.25) is 37.3 Å². The zero-order valence-corrected chi connectivity index (χ0v) is 59.8. The van der Waals surface area contributed by atoms with E-state index in [2.05, 4.69) is 55.4 Å². The van der Waals surface area contributed by atoms with E-state index in [1.54, 1.807) is 0 Å². The first kappa shape index (κ1) is 87.1. The number of esters is 4. The first-order valence-corrected chi connectivity index (χ1v) is 39.3. The Morgan fingerprint density at radius 2 is 0.539 bits per heavy atom. The van der Waals surface area contributed by atoms with Crippen molar-refractivity contribution in [3.05, 3.63) is 0 Å². The number of hydrogen-bond donors (Lipinski definition) is 3. The van der Waals surface area contributed by atoms with Gasteiger partial charge in [0, 0.05) is 25.7 Å². The maximum absolute atomic E-state index is 13.0. The van der Waals surface area contributed by atoms with Crippen LogP contribution in [0.3, 0.4) is 0 Å². The van der Waals surface area contributed by atoms with Gasteiger partial charge in [-0.15, -0.1) is 0 Å². The summed E-state index contributed by atoms with van der Waals surface area (Å²) in [5.74, 6) is 0.849. The summed E-state index contributed by atoms with van der Waals surface area (Å²) >= 11 is 0. The standard InChI is InChI=1S/C70H136O17P2/c1-9-62(7)48-40-32-26-28-34-42-50-67(72)80-56-65(86-69(74)52-44-36-24-19-17-15-13-11-12-14-16-18-22-30-38-46-60(3)4)58-84-88(76,77)82-54-64(71)55-83-89(78,79)85-59-66(57-81-68(73)51-43-35-29-27-33-41-49-63(8)10-2)87-70(75)53-45-37-25-21-20-23-31-39-47-61(5)6/h60-66,71H,9-59H2,1-8H3,(H,76,77)(H,78,79)/t62?,63?,64-,65+,66+/m0/s1. The van der Waals surface area contributed by atoms with Crippen molar-refractivity contribution in [2.45, 2.75) is 363 Å². The van der Waals surface area contributed by atoms with Gasteiger partial charge in [-0.2, -0.15) is 0 Å². The van der Waals surface area contributed by atoms with Gasteiger partial charge in [-0.1, -0.05) is 293 Å². The number of hydrogen-bond acceptors (Lipinski definition) is 15. The van der Waals surface area contributed by atoms with Gasteiger partial charge in [-0.25, -0.2) is 9.13 Å². The Kier molecular flexibility index (Phi) is 58.5. The summed E-state index contributed by atoms with van der Waals surface area (Å²) in [6, 6.07) is 0. The van der Waals surface area contributed by atoms with Gasteiger partial charge in [-0.05, 0) is 49.4 Å². The fourth-order valence-electron chi connectivity index (χ4n) is 10.4. The molecule has 0 fully saturated rings. The monoisotopic (exact) mass is 1310 g/mol. The van der Waals surface area contributed by atoms with Crippen LogP contribution < -0.4 is 0 Å². The SMILES string of the molecule is CCC(C)CCCCCCCCC(=O)OC[C@H](COP(=O)(O)OC[C@H](O)COP(=O)(O)OC[C@@H](COC(=O)CCCCCCCCC(C)CC)OC(=O)CCCCCCCCCCC(C)C)OC(=O)CCCCCCCCCCCCCCCCCC(C)C. The van der Waals surface area contributed by atoms with Crippen LogP contribution in [0.2, 0.25) is 0 Å². The maximum Gasteiger partial charge on any atom is 0.472 e. The Hall–Kier alpha value is -1.94. The molecular weight excluding hydrogens is 1170 g/mol. The average molecular weight is 1310 g/mol. The van der Waals surface area contributed by atoms with E-state index in [4.69, 9.17) is 37.0 Å². The number of carbonyl (C=O) groups is 4. The summed E-state index contributed by atoms with van der Waals surface area (Å²) in [4.78, 5) is 72.5. The predicted molar refractivity (Wildman–Crippen MR) is 358 cm³/mol. The van der Waals surface area contributed by atoms with Crippen LogP contribution in [0.15, 0.2) is 0 Å². The third-order valence-corrected chi connectivity index (χ3v) is 18.7. The van der Waals surface area contributed by atoms with E-state index in [1.165, 1.54) is 135 Å². The third-order valence-electron chi connectivity index (χ3n) is 16.8. The summed E-state index contributed by atoms with van der Waals surface area (Å²) in [6.07, 6.45) is 41.8. The van der Waals surface area contributed by atoms with Gasteiger partial charge in [0.15, 0.2) is 12.2 Å². The summed E-state index contributed by atoms with van der Waals surface area (Å²) < 4.78 is 68.2. The van der Waals surface area contributed by atoms with Crippen LogP contribution in [0.4, 0.5) is 0 Å². The molecule has 0 heterocycles. The quantitative estimate of drug-likeness (QED) is 0.0222. The second-order valence-corrected chi connectivity index (χ2v) is 29.6. The molecule has 528 valence electrons. The van der Waals surface area contributed by atoms with Gasteiger partial charge < -0.3 is 33.8 Å². The van der Waals surface area contributed by atoms with E-state index >= 15 is 0 Å². The number of unbranched alkanes of at least 4 members (excludes halogenated alkanes) is 31. The second kappa shape index (κ2) is 59.8. The Morgan fingerprint density at radius 3 is 0.798 bits per heavy atom. The summed E-state index contributed by atoms with van der Waals surface area (Å²) in [6.45, 7) is 14.1. The zero-order valence-electron chi connectivity index (χ0n) is 58.1. The molecule has 3 N–H and O–H groups in total. The molecule has 0 saturated carbocycles. The van der Waals surface area contributed by atoms with Crippen molar-refractivity contribution in [1.29, 1.82) is 0 Å². The van der Waals surface area contributed by atoms with Crippen molar-refractivity contribution in [3.8, 4) is 0 Å². The largest absolute Gasteiger partial charge is 0.472 e. The highest BCUT2D eigenvalue weighted by Gasteiger charge is 2.30. The average Bonchev–Trinajstić information content (AvgIpc) is 3.71. The van der Waals surface area contributed by atoms with E-state index in [9.17, 15) is 43.2 Å². The maximum atomic E-state index is 13.0. The van der Waals surface area contributed by atoms with Gasteiger partial charge >= 0.3 is 39.5 Å². The molecule has 17 nitrogen and oxygen atoms in total. The molecule has 0 saturated heterocycles. The lowest BCUT2D eigenvalue weighted by atomic mass is 10.00. The molecule has 0 spiro atoms. The molecule has 0 aliphatic heterocycles. The fraction of sp³-hybridized carbons (Fsp3) is 0.943. The van der Waals surface area contributed by atoms with Crippen molar-refractivity contribution in [1.82, 2.24) is 0 Å². The van der Waals surface area contributed by atoms with E-state index in [0.717, 1.165) is 126 Å². The molecule has 0 aromatic heterocycles. The highest BCUT2D eigenvalue weighted by Crippen LogP contribution is 2.45. The van der Waals surface area contributed by atoms with Crippen LogP contribution in [0.5, 0.6) is 0 Å². The number of phosphoric acid groups is 2. The Bertz CT molecular complexity index is 1770. The molecule has 0 aliphatic carbocycles. The number of aliphatic hydroxyl groups excluding tert-OH is 1. The number of carbonyl (C=O) groups excluding carboxylic acids is 4. The zero-order chi connectivity index (χ0) is 66.1. The van der Waals surface area contributed by atoms with Crippen LogP contribution in [-0.2, 0) is 65.4 Å². The summed E-state index contributed by atoms with van der Waals surface area (Å²) in [7, 11) is -9.90. The number of aliphatic hydroxyl groups is 1. The molecule has 0 rings (SSSR count). The third kappa shape index (κ3) is 62.0. The lowest BCUT2D eigenvalue weighted by Gasteiger charge is -2.21. The summed E-state index contributed by atoms with van der Waals surface area (Å²) in [5.41, 5.74) is 0. The van der Waals surface area contributed by atoms with Gasteiger partial charge in [0.05, 0.1) is 26.4 Å². The molecule has 19 heteroatoms. The van der Waals surface area contributed by atoms with E-state index in [1.807, 2.05) is 0 Å². The van der Waals surface area contributed by atoms with Crippen LogP contribution in [0.1, 0.15) is 344 Å². The highest BCUT2D eigenvalue weighted by atomic mass is 31.2. The second-order valence-electron chi connectivity index (χ2n) is 26.7. The Balaban J connectivity index is 5.22. The van der Waals surface area contributed by atoms with Crippen molar-refractivity contribution in [2.75, 3.05) is 39.6 Å². The van der Waals surface area contributed by atoms with E-state index in [0.29, 0.717) is 25.7 Å². The van der Waals surface area contributed by atoms with Gasteiger partial charge in [0.1, 0.15) is 19.3 Å². The predicted octanol–water partition coefficient (Wildman–Crippen LogP) is 19.7. The lowest BCUT2D eigenvalue weighted by Crippen LogP contribution is -2.30. The minimum Gasteiger partial charge on any atom is -0.462 e. The van der Waals surface area contributed by atoms with Crippen molar-refractivity contribution in [3.63, 3.8) is 0 Å². The van der Waals surface area contributed by atoms with E-state index in [-0.39, 0.29) is 25.7 Å². The normalized spacial score (nSPS) is 14.9. The number of rotatable bonds is 67. The first-order chi connectivity index (χ1) is 42.7. The molecule has 0 aromatic rings. The molecule has 0 radical (unpaired) electrons. The minimum atomic E-state index is -4.95. The molecule has 4 unspecified atom stereocenters. The number of ether oxygens (including phenoxy) is 4. The minimum absolute atomic E-state index is 0.103. The molecule has 89 heavy (non-hydrogen) atoms. The molecule has 0 aliphatic rings. The highest BCUT2D eigenvalue weighted by molar-refractivity contribution is 7.47. The van der Waals surface area contributed by atoms with Crippen molar-refractivity contribution >= 4 is 39.5 Å². The topological polar surface area (TPSA) is 237 Å². The summed E-state index contributed by atoms with van der Waals surface area (Å²) in [5, 5.41) is 10.6. The van der Waals surface area contributed by atoms with Gasteiger partial charge in [0.2, 0.25) is 0 Å². The first-order valence-electron chi connectivity index (χ1n) is 36.3. The molecule has 0 amide bonds. The van der Waals surface area contributed by atoms with Crippen LogP contribution >= 0.6 is 15.6 Å². The molecule has 0 bridgehead atoms. The smallest absolute Gasteiger partial charge is 0.462 e. The van der Waals surface area contributed by atoms with Crippen molar-refractivity contribution in [2.24, 2.45) is 23.7 Å². The van der Waals surface area contributed by atoms with Crippen molar-refractivity contribution < 1.29 is 80.2 Å². The number of phosphoric ester groups is 2. The van der Waals surface area contributed by atoms with Crippen LogP contribution in [0.25, 0.3) is 0 Å². The molecular formula is C70H136O17P2. The van der Waals surface area contributed by atoms with Crippen LogP contribution in [0, 0.1) is 23.7 Å². The van der Waals surface area contributed by atoms with Gasteiger partial charge in [0.25, 0.3) is 0 Å². The Labute approximate surface area is 543 Å². The Morgan fingerprint density at radius 1 is 0.315 bits per heavy atom. The molecule has 7 atom stereocenters. The van der Waals surface area contributed by atoms with Crippen LogP contribution in [-0.4, -0.2) is 96.7 Å². The van der Waals surface area contributed by atoms with E-state index < -0.39 is 97.5 Å². The lowest BCUT2D eigenvalue weighted by molar-refractivity contribution is -0.161.